The van der Waals surface area contributed by atoms with Crippen LogP contribution in [-0.2, 0) is 9.53 Å². The Morgan fingerprint density at radius 1 is 1.38 bits per heavy atom. The van der Waals surface area contributed by atoms with E-state index in [9.17, 15) is 4.79 Å². The van der Waals surface area contributed by atoms with E-state index >= 15 is 0 Å². The second kappa shape index (κ2) is 10.2. The highest BCUT2D eigenvalue weighted by Gasteiger charge is 2.06. The minimum Gasteiger partial charge on any atom is -0.473 e. The van der Waals surface area contributed by atoms with Crippen LogP contribution in [0.3, 0.4) is 0 Å². The van der Waals surface area contributed by atoms with Crippen molar-refractivity contribution >= 4 is 5.91 Å². The Labute approximate surface area is 96.8 Å². The first-order valence-corrected chi connectivity index (χ1v) is 5.56. The molecule has 1 heterocycles. The van der Waals surface area contributed by atoms with E-state index in [2.05, 4.69) is 11.3 Å². The van der Waals surface area contributed by atoms with Crippen LogP contribution in [0, 0.1) is 0 Å². The summed E-state index contributed by atoms with van der Waals surface area (Å²) in [7, 11) is 0. The third kappa shape index (κ3) is 9.27. The maximum Gasteiger partial charge on any atom is 0.246 e. The predicted octanol–water partition coefficient (Wildman–Crippen LogP) is 2.35. The van der Waals surface area contributed by atoms with Crippen LogP contribution >= 0.6 is 0 Å². The largest absolute Gasteiger partial charge is 0.473 e. The zero-order chi connectivity index (χ0) is 12.2. The van der Waals surface area contributed by atoms with E-state index in [0.29, 0.717) is 6.61 Å². The maximum atomic E-state index is 10.5. The zero-order valence-electron chi connectivity index (χ0n) is 10.0. The molecule has 1 amide bonds. The van der Waals surface area contributed by atoms with Crippen molar-refractivity contribution in [2.24, 2.45) is 5.73 Å². The summed E-state index contributed by atoms with van der Waals surface area (Å²) in [6, 6.07) is 3.67. The number of primary amides is 1. The molecule has 4 heteroatoms. The maximum absolute atomic E-state index is 10.5. The van der Waals surface area contributed by atoms with Crippen molar-refractivity contribution < 1.29 is 13.9 Å². The highest BCUT2D eigenvalue weighted by molar-refractivity contribution is 5.78. The van der Waals surface area contributed by atoms with Crippen LogP contribution in [-0.4, -0.2) is 18.6 Å². The van der Waals surface area contributed by atoms with Crippen molar-refractivity contribution in [2.45, 2.75) is 39.2 Å². The van der Waals surface area contributed by atoms with E-state index < -0.39 is 6.10 Å². The van der Waals surface area contributed by atoms with E-state index in [1.807, 2.05) is 12.1 Å². The van der Waals surface area contributed by atoms with E-state index in [1.54, 1.807) is 19.5 Å². The average Bonchev–Trinajstić information content (AvgIpc) is 2.82. The lowest BCUT2D eigenvalue weighted by atomic mass is 10.3. The molecule has 0 aliphatic carbocycles. The van der Waals surface area contributed by atoms with Gasteiger partial charge in [0.2, 0.25) is 5.91 Å². The Kier molecular flexibility index (Phi) is 9.41. The normalized spacial score (nSPS) is 11.4. The highest BCUT2D eigenvalue weighted by atomic mass is 16.5. The fourth-order valence-corrected chi connectivity index (χ4v) is 0.921. The van der Waals surface area contributed by atoms with Crippen molar-refractivity contribution in [3.8, 4) is 0 Å². The smallest absolute Gasteiger partial charge is 0.246 e. The van der Waals surface area contributed by atoms with Gasteiger partial charge >= 0.3 is 0 Å². The van der Waals surface area contributed by atoms with Crippen molar-refractivity contribution in [1.29, 1.82) is 0 Å². The van der Waals surface area contributed by atoms with Gasteiger partial charge in [0.05, 0.1) is 12.5 Å². The van der Waals surface area contributed by atoms with Gasteiger partial charge in [-0.15, -0.1) is 0 Å². The number of carbonyl (C=O) groups excluding carboxylic acids is 1. The van der Waals surface area contributed by atoms with Gasteiger partial charge in [0.15, 0.2) is 0 Å². The highest BCUT2D eigenvalue weighted by Crippen LogP contribution is 1.96. The van der Waals surface area contributed by atoms with Gasteiger partial charge in [0.25, 0.3) is 0 Å². The number of hydrogen-bond acceptors (Lipinski definition) is 3. The van der Waals surface area contributed by atoms with Gasteiger partial charge in [-0.25, -0.2) is 0 Å². The molecule has 0 aromatic carbocycles. The summed E-state index contributed by atoms with van der Waals surface area (Å²) in [5.41, 5.74) is 4.99. The van der Waals surface area contributed by atoms with Crippen LogP contribution in [0.5, 0.6) is 0 Å². The van der Waals surface area contributed by atoms with Crippen molar-refractivity contribution in [2.75, 3.05) is 6.61 Å². The fourth-order valence-electron chi connectivity index (χ4n) is 0.921. The Morgan fingerprint density at radius 2 is 2.00 bits per heavy atom. The number of furan rings is 1. The molecule has 2 N–H and O–H groups in total. The van der Waals surface area contributed by atoms with Gasteiger partial charge in [0.1, 0.15) is 6.10 Å². The Bertz CT molecular complexity index is 230. The molecule has 4 nitrogen and oxygen atoms in total. The number of hydrogen-bond donors (Lipinski definition) is 1. The van der Waals surface area contributed by atoms with Crippen LogP contribution in [0.1, 0.15) is 33.1 Å². The standard InChI is InChI=1S/C8H17NO2.C4H4O/c1-3-4-5-6-11-7(2)8(9)10;1-2-4-5-3-1/h7H,3-6H2,1-2H3,(H2,9,10);1-4H. The molecule has 1 unspecified atom stereocenters. The first-order valence-electron chi connectivity index (χ1n) is 5.56. The summed E-state index contributed by atoms with van der Waals surface area (Å²) in [4.78, 5) is 10.5. The SMILES string of the molecule is CCCCCOC(C)C(N)=O.c1ccoc1. The van der Waals surface area contributed by atoms with Crippen LogP contribution < -0.4 is 5.73 Å². The summed E-state index contributed by atoms with van der Waals surface area (Å²) in [6.45, 7) is 4.43. The summed E-state index contributed by atoms with van der Waals surface area (Å²) in [5.74, 6) is -0.388. The quantitative estimate of drug-likeness (QED) is 0.758. The fraction of sp³-hybridized carbons (Fsp3) is 0.583. The number of unbranched alkanes of at least 4 members (excludes halogenated alkanes) is 2. The molecule has 0 bridgehead atoms. The van der Waals surface area contributed by atoms with Crippen LogP contribution in [0.25, 0.3) is 0 Å². The van der Waals surface area contributed by atoms with Gasteiger partial charge in [-0.05, 0) is 25.5 Å². The molecule has 0 spiro atoms. The average molecular weight is 227 g/mol. The summed E-state index contributed by atoms with van der Waals surface area (Å²) in [6.07, 6.45) is 6.13. The van der Waals surface area contributed by atoms with E-state index in [-0.39, 0.29) is 5.91 Å². The number of rotatable bonds is 6. The Hall–Kier alpha value is -1.29. The second-order valence-corrected chi connectivity index (χ2v) is 3.42. The lowest BCUT2D eigenvalue weighted by molar-refractivity contribution is -0.128. The molecule has 0 saturated carbocycles. The van der Waals surface area contributed by atoms with E-state index in [1.165, 1.54) is 0 Å². The van der Waals surface area contributed by atoms with Crippen molar-refractivity contribution in [3.63, 3.8) is 0 Å². The molecule has 1 rings (SSSR count). The first-order chi connectivity index (χ1) is 7.68. The van der Waals surface area contributed by atoms with Gasteiger partial charge in [-0.3, -0.25) is 4.79 Å². The predicted molar refractivity (Wildman–Crippen MR) is 62.8 cm³/mol. The van der Waals surface area contributed by atoms with Crippen molar-refractivity contribution in [3.05, 3.63) is 24.7 Å². The monoisotopic (exact) mass is 227 g/mol. The van der Waals surface area contributed by atoms with Crippen molar-refractivity contribution in [1.82, 2.24) is 0 Å². The van der Waals surface area contributed by atoms with E-state index in [0.717, 1.165) is 19.3 Å². The number of amides is 1. The minimum absolute atomic E-state index is 0.388. The minimum atomic E-state index is -0.438. The molecule has 16 heavy (non-hydrogen) atoms. The second-order valence-electron chi connectivity index (χ2n) is 3.42. The molecule has 1 aromatic rings. The molecule has 0 fully saturated rings. The van der Waals surface area contributed by atoms with Gasteiger partial charge in [-0.1, -0.05) is 19.8 Å². The van der Waals surface area contributed by atoms with Gasteiger partial charge < -0.3 is 14.9 Å². The van der Waals surface area contributed by atoms with Crippen LogP contribution in [0.4, 0.5) is 0 Å². The molecule has 1 atom stereocenters. The molecule has 0 saturated heterocycles. The number of nitrogens with two attached hydrogens (primary N) is 1. The zero-order valence-corrected chi connectivity index (χ0v) is 10.0. The molecule has 0 aliphatic rings. The number of ether oxygens (including phenoxy) is 1. The van der Waals surface area contributed by atoms with Gasteiger partial charge in [-0.2, -0.15) is 0 Å². The molecule has 0 radical (unpaired) electrons. The molecular weight excluding hydrogens is 206 g/mol. The molecule has 0 aliphatic heterocycles. The third-order valence-corrected chi connectivity index (χ3v) is 1.94. The molecular formula is C12H21NO3. The van der Waals surface area contributed by atoms with Crippen LogP contribution in [0.15, 0.2) is 29.1 Å². The summed E-state index contributed by atoms with van der Waals surface area (Å²) < 4.78 is 9.71. The number of carbonyl (C=O) groups is 1. The van der Waals surface area contributed by atoms with Crippen LogP contribution in [0.2, 0.25) is 0 Å². The topological polar surface area (TPSA) is 65.5 Å². The summed E-state index contributed by atoms with van der Waals surface area (Å²) in [5, 5.41) is 0. The molecule has 92 valence electrons. The van der Waals surface area contributed by atoms with E-state index in [4.69, 9.17) is 10.5 Å². The lowest BCUT2D eigenvalue weighted by Crippen LogP contribution is -2.28. The Balaban J connectivity index is 0.000000368. The third-order valence-electron chi connectivity index (χ3n) is 1.94. The lowest BCUT2D eigenvalue weighted by Gasteiger charge is -2.07. The first kappa shape index (κ1) is 14.7. The Morgan fingerprint density at radius 3 is 2.38 bits per heavy atom. The van der Waals surface area contributed by atoms with Gasteiger partial charge in [0, 0.05) is 6.61 Å². The summed E-state index contributed by atoms with van der Waals surface area (Å²) >= 11 is 0. The molecule has 1 aromatic heterocycles.